The standard InChI is InChI=1S/C13H21N3O/c1-3-14-13-15-9-10(2)12(16-13)17-8-7-11-5-4-6-11/h9,11H,3-8H2,1-2H3,(H,14,15,16). The summed E-state index contributed by atoms with van der Waals surface area (Å²) < 4.78 is 5.74. The number of aromatic nitrogens is 2. The molecule has 0 unspecified atom stereocenters. The van der Waals surface area contributed by atoms with Crippen LogP contribution in [0.2, 0.25) is 0 Å². The van der Waals surface area contributed by atoms with Crippen LogP contribution in [-0.2, 0) is 0 Å². The summed E-state index contributed by atoms with van der Waals surface area (Å²) in [7, 11) is 0. The maximum absolute atomic E-state index is 5.74. The van der Waals surface area contributed by atoms with Crippen molar-refractivity contribution in [1.82, 2.24) is 9.97 Å². The van der Waals surface area contributed by atoms with E-state index < -0.39 is 0 Å². The van der Waals surface area contributed by atoms with Crippen LogP contribution in [0.4, 0.5) is 5.95 Å². The van der Waals surface area contributed by atoms with Crippen molar-refractivity contribution in [1.29, 1.82) is 0 Å². The van der Waals surface area contributed by atoms with E-state index in [9.17, 15) is 0 Å². The highest BCUT2D eigenvalue weighted by Crippen LogP contribution is 2.29. The van der Waals surface area contributed by atoms with Crippen LogP contribution in [-0.4, -0.2) is 23.1 Å². The van der Waals surface area contributed by atoms with Crippen molar-refractivity contribution in [3.63, 3.8) is 0 Å². The second-order valence-electron chi connectivity index (χ2n) is 4.65. The van der Waals surface area contributed by atoms with Gasteiger partial charge in [-0.05, 0) is 26.2 Å². The Morgan fingerprint density at radius 3 is 2.94 bits per heavy atom. The molecular weight excluding hydrogens is 214 g/mol. The molecule has 4 heteroatoms. The topological polar surface area (TPSA) is 47.0 Å². The summed E-state index contributed by atoms with van der Waals surface area (Å²) in [6, 6.07) is 0. The van der Waals surface area contributed by atoms with Crippen LogP contribution in [0.1, 0.15) is 38.2 Å². The van der Waals surface area contributed by atoms with E-state index in [2.05, 4.69) is 15.3 Å². The Bertz CT molecular complexity index is 364. The summed E-state index contributed by atoms with van der Waals surface area (Å²) in [6.07, 6.45) is 7.09. The molecule has 1 fully saturated rings. The van der Waals surface area contributed by atoms with Crippen molar-refractivity contribution in [2.45, 2.75) is 39.5 Å². The van der Waals surface area contributed by atoms with Crippen LogP contribution in [0.5, 0.6) is 5.88 Å². The Morgan fingerprint density at radius 1 is 1.47 bits per heavy atom. The molecule has 0 aromatic carbocycles. The molecule has 0 atom stereocenters. The maximum atomic E-state index is 5.74. The van der Waals surface area contributed by atoms with Crippen LogP contribution in [0, 0.1) is 12.8 Å². The van der Waals surface area contributed by atoms with Gasteiger partial charge in [0.05, 0.1) is 6.61 Å². The molecule has 1 N–H and O–H groups in total. The first-order valence-corrected chi connectivity index (χ1v) is 6.50. The zero-order valence-corrected chi connectivity index (χ0v) is 10.7. The van der Waals surface area contributed by atoms with Gasteiger partial charge in [0.15, 0.2) is 0 Å². The van der Waals surface area contributed by atoms with Crippen molar-refractivity contribution in [2.24, 2.45) is 5.92 Å². The molecule has 0 saturated heterocycles. The minimum atomic E-state index is 0.650. The minimum absolute atomic E-state index is 0.650. The third-order valence-corrected chi connectivity index (χ3v) is 3.25. The molecule has 2 rings (SSSR count). The van der Waals surface area contributed by atoms with Gasteiger partial charge in [-0.15, -0.1) is 0 Å². The van der Waals surface area contributed by atoms with Crippen LogP contribution >= 0.6 is 0 Å². The monoisotopic (exact) mass is 235 g/mol. The first-order valence-electron chi connectivity index (χ1n) is 6.50. The van der Waals surface area contributed by atoms with Crippen molar-refractivity contribution in [3.8, 4) is 5.88 Å². The van der Waals surface area contributed by atoms with Gasteiger partial charge in [0.1, 0.15) is 0 Å². The Labute approximate surface area is 103 Å². The molecule has 1 aromatic rings. The highest BCUT2D eigenvalue weighted by atomic mass is 16.5. The summed E-state index contributed by atoms with van der Waals surface area (Å²) >= 11 is 0. The normalized spacial score (nSPS) is 15.4. The van der Waals surface area contributed by atoms with E-state index in [4.69, 9.17) is 4.74 Å². The molecule has 0 radical (unpaired) electrons. The van der Waals surface area contributed by atoms with Crippen molar-refractivity contribution >= 4 is 5.95 Å². The third-order valence-electron chi connectivity index (χ3n) is 3.25. The van der Waals surface area contributed by atoms with E-state index >= 15 is 0 Å². The molecule has 1 aliphatic carbocycles. The number of hydrogen-bond acceptors (Lipinski definition) is 4. The van der Waals surface area contributed by atoms with Gasteiger partial charge in [0.2, 0.25) is 11.8 Å². The zero-order valence-electron chi connectivity index (χ0n) is 10.7. The lowest BCUT2D eigenvalue weighted by Gasteiger charge is -2.24. The number of anilines is 1. The highest BCUT2D eigenvalue weighted by Gasteiger charge is 2.17. The lowest BCUT2D eigenvalue weighted by molar-refractivity contribution is 0.216. The summed E-state index contributed by atoms with van der Waals surface area (Å²) in [5.41, 5.74) is 1.00. The molecule has 0 aliphatic heterocycles. The maximum Gasteiger partial charge on any atom is 0.225 e. The first kappa shape index (κ1) is 12.1. The third kappa shape index (κ3) is 3.32. The van der Waals surface area contributed by atoms with Gasteiger partial charge in [-0.3, -0.25) is 0 Å². The number of ether oxygens (including phenoxy) is 1. The summed E-state index contributed by atoms with van der Waals surface area (Å²) in [5, 5.41) is 3.09. The van der Waals surface area contributed by atoms with E-state index in [0.29, 0.717) is 5.95 Å². The number of rotatable bonds is 6. The summed E-state index contributed by atoms with van der Waals surface area (Å²) in [4.78, 5) is 8.56. The lowest BCUT2D eigenvalue weighted by Crippen LogP contribution is -2.15. The Kier molecular flexibility index (Phi) is 4.18. The van der Waals surface area contributed by atoms with Crippen LogP contribution in [0.3, 0.4) is 0 Å². The van der Waals surface area contributed by atoms with E-state index in [0.717, 1.165) is 36.9 Å². The van der Waals surface area contributed by atoms with E-state index in [1.54, 1.807) is 0 Å². The minimum Gasteiger partial charge on any atom is -0.477 e. The number of aryl methyl sites for hydroxylation is 1. The van der Waals surface area contributed by atoms with Crippen LogP contribution in [0.25, 0.3) is 0 Å². The van der Waals surface area contributed by atoms with E-state index in [1.807, 2.05) is 20.0 Å². The molecule has 1 saturated carbocycles. The molecule has 0 bridgehead atoms. The predicted molar refractivity (Wildman–Crippen MR) is 68.4 cm³/mol. The molecule has 4 nitrogen and oxygen atoms in total. The van der Waals surface area contributed by atoms with Crippen LogP contribution in [0.15, 0.2) is 6.20 Å². The van der Waals surface area contributed by atoms with Crippen molar-refractivity contribution in [3.05, 3.63) is 11.8 Å². The van der Waals surface area contributed by atoms with Gasteiger partial charge < -0.3 is 10.1 Å². The quantitative estimate of drug-likeness (QED) is 0.823. The fourth-order valence-electron chi connectivity index (χ4n) is 1.92. The van der Waals surface area contributed by atoms with E-state index in [1.165, 1.54) is 19.3 Å². The number of hydrogen-bond donors (Lipinski definition) is 1. The molecule has 94 valence electrons. The Hall–Kier alpha value is -1.32. The van der Waals surface area contributed by atoms with Gasteiger partial charge in [0.25, 0.3) is 0 Å². The number of nitrogens with zero attached hydrogens (tertiary/aromatic N) is 2. The molecule has 1 aromatic heterocycles. The van der Waals surface area contributed by atoms with Gasteiger partial charge >= 0.3 is 0 Å². The lowest BCUT2D eigenvalue weighted by atomic mass is 9.83. The fraction of sp³-hybridized carbons (Fsp3) is 0.692. The molecule has 1 heterocycles. The number of nitrogens with one attached hydrogen (secondary N) is 1. The van der Waals surface area contributed by atoms with Crippen LogP contribution < -0.4 is 10.1 Å². The average molecular weight is 235 g/mol. The largest absolute Gasteiger partial charge is 0.477 e. The van der Waals surface area contributed by atoms with Crippen molar-refractivity contribution < 1.29 is 4.74 Å². The van der Waals surface area contributed by atoms with Gasteiger partial charge in [-0.25, -0.2) is 4.98 Å². The average Bonchev–Trinajstić information content (AvgIpc) is 2.26. The fourth-order valence-corrected chi connectivity index (χ4v) is 1.92. The van der Waals surface area contributed by atoms with E-state index in [-0.39, 0.29) is 0 Å². The second-order valence-corrected chi connectivity index (χ2v) is 4.65. The van der Waals surface area contributed by atoms with Crippen molar-refractivity contribution in [2.75, 3.05) is 18.5 Å². The molecular formula is C13H21N3O. The molecule has 0 amide bonds. The van der Waals surface area contributed by atoms with Gasteiger partial charge in [-0.2, -0.15) is 4.98 Å². The SMILES string of the molecule is CCNc1ncc(C)c(OCCC2CCC2)n1. The van der Waals surface area contributed by atoms with Gasteiger partial charge in [-0.1, -0.05) is 19.3 Å². The molecule has 1 aliphatic rings. The second kappa shape index (κ2) is 5.84. The summed E-state index contributed by atoms with van der Waals surface area (Å²) in [5.74, 6) is 2.25. The molecule has 0 spiro atoms. The molecule has 17 heavy (non-hydrogen) atoms. The predicted octanol–water partition coefficient (Wildman–Crippen LogP) is 2.79. The van der Waals surface area contributed by atoms with Gasteiger partial charge in [0, 0.05) is 18.3 Å². The highest BCUT2D eigenvalue weighted by molar-refractivity contribution is 5.32. The Balaban J connectivity index is 1.86. The smallest absolute Gasteiger partial charge is 0.225 e. The zero-order chi connectivity index (χ0) is 12.1. The Morgan fingerprint density at radius 2 is 2.29 bits per heavy atom. The summed E-state index contributed by atoms with van der Waals surface area (Å²) in [6.45, 7) is 5.60. The first-order chi connectivity index (χ1) is 8.29.